The zero-order chi connectivity index (χ0) is 6.53. The van der Waals surface area contributed by atoms with Crippen molar-refractivity contribution in [1.82, 2.24) is 5.01 Å². The molecular weight excluding hydrogens is 114 g/mol. The van der Waals surface area contributed by atoms with Crippen LogP contribution in [-0.2, 0) is 0 Å². The molecule has 0 saturated heterocycles. The Morgan fingerprint density at radius 3 is 3.11 bits per heavy atom. The van der Waals surface area contributed by atoms with Crippen molar-refractivity contribution < 1.29 is 0 Å². The second-order valence-corrected chi connectivity index (χ2v) is 1.96. The minimum atomic E-state index is 0.965. The van der Waals surface area contributed by atoms with Crippen LogP contribution in [0, 0.1) is 6.20 Å². The molecule has 0 fully saturated rings. The molecular formula is C6H10N3+. The Hall–Kier alpha value is -0.950. The highest BCUT2D eigenvalue weighted by atomic mass is 15.6. The topological polar surface area (TPSA) is 28.0 Å². The van der Waals surface area contributed by atoms with Crippen molar-refractivity contribution in [2.24, 2.45) is 10.3 Å². The van der Waals surface area contributed by atoms with Gasteiger partial charge in [0.15, 0.2) is 0 Å². The fraction of sp³-hybridized carbons (Fsp3) is 0.667. The van der Waals surface area contributed by atoms with Gasteiger partial charge in [-0.3, -0.25) is 0 Å². The zero-order valence-corrected chi connectivity index (χ0v) is 5.54. The minimum absolute atomic E-state index is 0.965. The maximum atomic E-state index is 3.76. The lowest BCUT2D eigenvalue weighted by Gasteiger charge is -2.00. The molecule has 9 heavy (non-hydrogen) atoms. The molecule has 0 spiro atoms. The molecule has 1 rings (SSSR count). The third-order valence-electron chi connectivity index (χ3n) is 1.16. The van der Waals surface area contributed by atoms with Gasteiger partial charge >= 0.3 is 12.4 Å². The molecule has 0 aliphatic carbocycles. The maximum Gasteiger partial charge on any atom is 0.445 e. The number of unbranched alkanes of at least 4 members (excludes halogenated alkanes) is 1. The van der Waals surface area contributed by atoms with E-state index in [1.54, 1.807) is 11.2 Å². The third kappa shape index (κ3) is 1.78. The molecule has 0 unspecified atom stereocenters. The van der Waals surface area contributed by atoms with E-state index in [4.69, 9.17) is 0 Å². The fourth-order valence-corrected chi connectivity index (χ4v) is 0.631. The van der Waals surface area contributed by atoms with Crippen molar-refractivity contribution in [3.05, 3.63) is 12.4 Å². The number of nitrogens with zero attached hydrogens (tertiary/aromatic N) is 3. The Bertz CT molecular complexity index is 116. The molecule has 3 heteroatoms. The van der Waals surface area contributed by atoms with E-state index in [1.807, 2.05) is 0 Å². The van der Waals surface area contributed by atoms with E-state index in [-0.39, 0.29) is 0 Å². The van der Waals surface area contributed by atoms with Crippen LogP contribution in [0.4, 0.5) is 0 Å². The van der Waals surface area contributed by atoms with Gasteiger partial charge in [0.1, 0.15) is 5.11 Å². The highest BCUT2D eigenvalue weighted by molar-refractivity contribution is 4.74. The van der Waals surface area contributed by atoms with Gasteiger partial charge in [-0.25, -0.2) is 5.01 Å². The van der Waals surface area contributed by atoms with Crippen molar-refractivity contribution >= 4 is 0 Å². The fourth-order valence-electron chi connectivity index (χ4n) is 0.631. The van der Waals surface area contributed by atoms with Crippen molar-refractivity contribution in [3.8, 4) is 0 Å². The summed E-state index contributed by atoms with van der Waals surface area (Å²) in [6.45, 7) is 3.12. The van der Waals surface area contributed by atoms with Crippen LogP contribution >= 0.6 is 0 Å². The Morgan fingerprint density at radius 2 is 2.56 bits per heavy atom. The average molecular weight is 124 g/mol. The molecule has 0 atom stereocenters. The van der Waals surface area contributed by atoms with Crippen LogP contribution in [0.15, 0.2) is 16.5 Å². The van der Waals surface area contributed by atoms with Crippen molar-refractivity contribution in [3.63, 3.8) is 0 Å². The van der Waals surface area contributed by atoms with Gasteiger partial charge in [-0.2, -0.15) is 0 Å². The molecule has 1 aliphatic rings. The number of rotatable bonds is 3. The summed E-state index contributed by atoms with van der Waals surface area (Å²) in [5, 5.41) is 9.12. The molecule has 48 valence electrons. The van der Waals surface area contributed by atoms with Gasteiger partial charge in [-0.15, -0.1) is 0 Å². The van der Waals surface area contributed by atoms with Gasteiger partial charge < -0.3 is 0 Å². The summed E-state index contributed by atoms with van der Waals surface area (Å²) < 4.78 is 0. The highest BCUT2D eigenvalue weighted by Crippen LogP contribution is 2.02. The average Bonchev–Trinajstić information content (AvgIpc) is 2.34. The molecule has 0 aromatic carbocycles. The molecule has 1 aliphatic heterocycles. The SMILES string of the molecule is CCCCN1C=[C+]N=N1. The van der Waals surface area contributed by atoms with Crippen LogP contribution in [0.2, 0.25) is 0 Å². The quantitative estimate of drug-likeness (QED) is 0.527. The van der Waals surface area contributed by atoms with Gasteiger partial charge in [0.25, 0.3) is 0 Å². The first kappa shape index (κ1) is 6.17. The molecule has 3 nitrogen and oxygen atoms in total. The van der Waals surface area contributed by atoms with Crippen LogP contribution in [-0.4, -0.2) is 11.6 Å². The standard InChI is InChI=1S/C6H10N3/c1-2-3-5-9-6-4-7-8-9/h6H,2-3,5H2,1H3/q+1. The molecule has 0 saturated carbocycles. The summed E-state index contributed by atoms with van der Waals surface area (Å²) in [7, 11) is 0. The molecule has 0 radical (unpaired) electrons. The Kier molecular flexibility index (Phi) is 2.16. The Morgan fingerprint density at radius 1 is 1.67 bits per heavy atom. The first-order chi connectivity index (χ1) is 4.43. The lowest BCUT2D eigenvalue weighted by Crippen LogP contribution is -2.07. The van der Waals surface area contributed by atoms with E-state index in [0.717, 1.165) is 13.0 Å². The van der Waals surface area contributed by atoms with Crippen molar-refractivity contribution in [1.29, 1.82) is 0 Å². The van der Waals surface area contributed by atoms with Crippen LogP contribution in [0.5, 0.6) is 0 Å². The van der Waals surface area contributed by atoms with Gasteiger partial charge in [0.2, 0.25) is 0 Å². The van der Waals surface area contributed by atoms with Crippen molar-refractivity contribution in [2.45, 2.75) is 19.8 Å². The van der Waals surface area contributed by atoms with Crippen LogP contribution in [0.1, 0.15) is 19.8 Å². The second kappa shape index (κ2) is 3.15. The van der Waals surface area contributed by atoms with E-state index in [2.05, 4.69) is 23.5 Å². The predicted molar refractivity (Wildman–Crippen MR) is 34.3 cm³/mol. The summed E-state index contributed by atoms with van der Waals surface area (Å²) in [5.41, 5.74) is 0. The van der Waals surface area contributed by atoms with E-state index in [9.17, 15) is 0 Å². The van der Waals surface area contributed by atoms with E-state index in [0.29, 0.717) is 0 Å². The predicted octanol–water partition coefficient (Wildman–Crippen LogP) is 1.74. The summed E-state index contributed by atoms with van der Waals surface area (Å²) in [4.78, 5) is 0. The number of hydrogen-bond acceptors (Lipinski definition) is 3. The lowest BCUT2D eigenvalue weighted by atomic mass is 10.3. The minimum Gasteiger partial charge on any atom is -0.201 e. The highest BCUT2D eigenvalue weighted by Gasteiger charge is 2.09. The first-order valence-corrected chi connectivity index (χ1v) is 3.19. The monoisotopic (exact) mass is 124 g/mol. The summed E-state index contributed by atoms with van der Waals surface area (Å²) in [6.07, 6.45) is 6.76. The van der Waals surface area contributed by atoms with E-state index < -0.39 is 0 Å². The van der Waals surface area contributed by atoms with E-state index >= 15 is 0 Å². The summed E-state index contributed by atoms with van der Waals surface area (Å²) in [5.74, 6) is 0. The Labute approximate surface area is 55.0 Å². The van der Waals surface area contributed by atoms with Gasteiger partial charge in [0, 0.05) is 6.54 Å². The Balaban J connectivity index is 2.13. The van der Waals surface area contributed by atoms with Gasteiger partial charge in [-0.05, 0) is 11.6 Å². The smallest absolute Gasteiger partial charge is 0.201 e. The van der Waals surface area contributed by atoms with Crippen LogP contribution < -0.4 is 0 Å². The van der Waals surface area contributed by atoms with E-state index in [1.165, 1.54) is 6.42 Å². The molecule has 1 heterocycles. The molecule has 0 aromatic heterocycles. The summed E-state index contributed by atoms with van der Waals surface area (Å²) >= 11 is 0. The van der Waals surface area contributed by atoms with Gasteiger partial charge in [0.05, 0.1) is 0 Å². The molecule has 0 aromatic rings. The van der Waals surface area contributed by atoms with Crippen molar-refractivity contribution in [2.75, 3.05) is 6.54 Å². The molecule has 0 N–H and O–H groups in total. The zero-order valence-electron chi connectivity index (χ0n) is 5.54. The normalized spacial score (nSPS) is 14.6. The first-order valence-electron chi connectivity index (χ1n) is 3.19. The summed E-state index contributed by atoms with van der Waals surface area (Å²) in [6, 6.07) is 0. The maximum absolute atomic E-state index is 3.76. The molecule has 0 bridgehead atoms. The third-order valence-corrected chi connectivity index (χ3v) is 1.16. The second-order valence-electron chi connectivity index (χ2n) is 1.96. The lowest BCUT2D eigenvalue weighted by molar-refractivity contribution is 0.382. The molecule has 0 amide bonds. The largest absolute Gasteiger partial charge is 0.445 e. The van der Waals surface area contributed by atoms with Crippen LogP contribution in [0.3, 0.4) is 0 Å². The number of hydrogen-bond donors (Lipinski definition) is 0. The van der Waals surface area contributed by atoms with Crippen LogP contribution in [0.25, 0.3) is 0 Å². The van der Waals surface area contributed by atoms with Gasteiger partial charge in [-0.1, -0.05) is 13.3 Å².